The SMILES string of the molecule is NCC1(Cc2ccc(Cl)s2)CCOC1C1CC1. The van der Waals surface area contributed by atoms with Crippen molar-refractivity contribution < 1.29 is 4.74 Å². The van der Waals surface area contributed by atoms with Gasteiger partial charge in [0.25, 0.3) is 0 Å². The minimum Gasteiger partial charge on any atom is -0.377 e. The first kappa shape index (κ1) is 12.0. The Balaban J connectivity index is 1.80. The monoisotopic (exact) mass is 271 g/mol. The molecule has 2 fully saturated rings. The first-order valence-corrected chi connectivity index (χ1v) is 7.49. The van der Waals surface area contributed by atoms with Gasteiger partial charge < -0.3 is 10.5 Å². The molecule has 2 heterocycles. The number of nitrogens with two attached hydrogens (primary N) is 1. The molecule has 0 radical (unpaired) electrons. The number of hydrogen-bond donors (Lipinski definition) is 1. The molecule has 1 aliphatic carbocycles. The van der Waals surface area contributed by atoms with E-state index in [1.807, 2.05) is 6.07 Å². The van der Waals surface area contributed by atoms with Crippen LogP contribution in [0.15, 0.2) is 12.1 Å². The minimum atomic E-state index is 0.162. The zero-order valence-electron chi connectivity index (χ0n) is 9.82. The summed E-state index contributed by atoms with van der Waals surface area (Å²) in [5, 5.41) is 0. The van der Waals surface area contributed by atoms with Gasteiger partial charge in [0.05, 0.1) is 10.4 Å². The number of rotatable bonds is 4. The van der Waals surface area contributed by atoms with Crippen molar-refractivity contribution in [3.8, 4) is 0 Å². The van der Waals surface area contributed by atoms with E-state index in [9.17, 15) is 0 Å². The highest BCUT2D eigenvalue weighted by atomic mass is 35.5. The Morgan fingerprint density at radius 1 is 1.47 bits per heavy atom. The molecule has 1 aliphatic heterocycles. The summed E-state index contributed by atoms with van der Waals surface area (Å²) in [5.74, 6) is 0.761. The smallest absolute Gasteiger partial charge is 0.0931 e. The number of hydrogen-bond acceptors (Lipinski definition) is 3. The first-order chi connectivity index (χ1) is 8.23. The summed E-state index contributed by atoms with van der Waals surface area (Å²) in [5.41, 5.74) is 6.23. The normalized spacial score (nSPS) is 33.2. The van der Waals surface area contributed by atoms with E-state index >= 15 is 0 Å². The fourth-order valence-electron chi connectivity index (χ4n) is 3.02. The van der Waals surface area contributed by atoms with E-state index in [0.717, 1.165) is 36.2 Å². The first-order valence-electron chi connectivity index (χ1n) is 6.29. The zero-order valence-corrected chi connectivity index (χ0v) is 11.4. The van der Waals surface area contributed by atoms with Crippen molar-refractivity contribution in [3.05, 3.63) is 21.3 Å². The average Bonchev–Trinajstić information content (AvgIpc) is 2.96. The van der Waals surface area contributed by atoms with Crippen LogP contribution in [0.4, 0.5) is 0 Å². The van der Waals surface area contributed by atoms with E-state index in [-0.39, 0.29) is 5.41 Å². The third-order valence-electron chi connectivity index (χ3n) is 4.11. The van der Waals surface area contributed by atoms with Gasteiger partial charge in [-0.2, -0.15) is 0 Å². The second-order valence-corrected chi connectivity index (χ2v) is 7.13. The summed E-state index contributed by atoms with van der Waals surface area (Å²) in [6.07, 6.45) is 5.14. The summed E-state index contributed by atoms with van der Waals surface area (Å²) in [7, 11) is 0. The Kier molecular flexibility index (Phi) is 3.20. The molecule has 2 atom stereocenters. The van der Waals surface area contributed by atoms with Crippen molar-refractivity contribution in [1.29, 1.82) is 0 Å². The highest BCUT2D eigenvalue weighted by molar-refractivity contribution is 7.16. The van der Waals surface area contributed by atoms with Gasteiger partial charge in [-0.1, -0.05) is 11.6 Å². The quantitative estimate of drug-likeness (QED) is 0.913. The maximum atomic E-state index is 6.07. The van der Waals surface area contributed by atoms with Gasteiger partial charge in [-0.25, -0.2) is 0 Å². The predicted octanol–water partition coefficient (Wildman–Crippen LogP) is 3.09. The molecule has 3 rings (SSSR count). The molecular formula is C13H18ClNOS. The van der Waals surface area contributed by atoms with Crippen molar-refractivity contribution in [2.45, 2.75) is 31.8 Å². The van der Waals surface area contributed by atoms with Crippen LogP contribution in [0.3, 0.4) is 0 Å². The molecule has 1 aromatic heterocycles. The highest BCUT2D eigenvalue weighted by Crippen LogP contribution is 2.49. The standard InChI is InChI=1S/C13H18ClNOS/c14-11-4-3-10(17-11)7-13(8-15)5-6-16-12(13)9-1-2-9/h3-4,9,12H,1-2,5-8,15H2. The van der Waals surface area contributed by atoms with E-state index in [1.165, 1.54) is 17.7 Å². The van der Waals surface area contributed by atoms with Crippen LogP contribution in [0.1, 0.15) is 24.1 Å². The molecule has 17 heavy (non-hydrogen) atoms. The second kappa shape index (κ2) is 4.54. The largest absolute Gasteiger partial charge is 0.377 e. The molecule has 2 N–H and O–H groups in total. The van der Waals surface area contributed by atoms with Crippen LogP contribution in [0, 0.1) is 11.3 Å². The van der Waals surface area contributed by atoms with Gasteiger partial charge in [-0.15, -0.1) is 11.3 Å². The molecule has 2 unspecified atom stereocenters. The third kappa shape index (κ3) is 2.26. The predicted molar refractivity (Wildman–Crippen MR) is 71.6 cm³/mol. The molecule has 1 saturated carbocycles. The van der Waals surface area contributed by atoms with Crippen LogP contribution in [-0.4, -0.2) is 19.3 Å². The van der Waals surface area contributed by atoms with Crippen LogP contribution < -0.4 is 5.73 Å². The van der Waals surface area contributed by atoms with Crippen LogP contribution in [0.5, 0.6) is 0 Å². The zero-order chi connectivity index (χ0) is 11.9. The summed E-state index contributed by atoms with van der Waals surface area (Å²) >= 11 is 7.68. The summed E-state index contributed by atoms with van der Waals surface area (Å²) in [6.45, 7) is 1.60. The molecule has 1 saturated heterocycles. The van der Waals surface area contributed by atoms with E-state index in [4.69, 9.17) is 22.1 Å². The molecule has 1 aromatic rings. The number of thiophene rings is 1. The van der Waals surface area contributed by atoms with Gasteiger partial charge in [-0.3, -0.25) is 0 Å². The summed E-state index contributed by atoms with van der Waals surface area (Å²) in [6, 6.07) is 4.11. The van der Waals surface area contributed by atoms with Crippen molar-refractivity contribution in [2.75, 3.05) is 13.2 Å². The molecule has 4 heteroatoms. The molecule has 94 valence electrons. The Bertz CT molecular complexity index is 404. The van der Waals surface area contributed by atoms with Gasteiger partial charge in [0.1, 0.15) is 0 Å². The molecule has 0 amide bonds. The van der Waals surface area contributed by atoms with Crippen LogP contribution in [0.2, 0.25) is 4.34 Å². The van der Waals surface area contributed by atoms with Crippen LogP contribution in [0.25, 0.3) is 0 Å². The fraction of sp³-hybridized carbons (Fsp3) is 0.692. The van der Waals surface area contributed by atoms with E-state index in [0.29, 0.717) is 6.10 Å². The van der Waals surface area contributed by atoms with Crippen molar-refractivity contribution in [3.63, 3.8) is 0 Å². The average molecular weight is 272 g/mol. The number of ether oxygens (including phenoxy) is 1. The Labute approximate surface area is 111 Å². The Morgan fingerprint density at radius 2 is 2.29 bits per heavy atom. The van der Waals surface area contributed by atoms with Crippen molar-refractivity contribution >= 4 is 22.9 Å². The minimum absolute atomic E-state index is 0.162. The maximum absolute atomic E-state index is 6.07. The van der Waals surface area contributed by atoms with Gasteiger partial charge >= 0.3 is 0 Å². The van der Waals surface area contributed by atoms with Crippen molar-refractivity contribution in [1.82, 2.24) is 0 Å². The Morgan fingerprint density at radius 3 is 2.88 bits per heavy atom. The topological polar surface area (TPSA) is 35.2 Å². The van der Waals surface area contributed by atoms with Gasteiger partial charge in [0.15, 0.2) is 0 Å². The van der Waals surface area contributed by atoms with Crippen LogP contribution >= 0.6 is 22.9 Å². The maximum Gasteiger partial charge on any atom is 0.0931 e. The van der Waals surface area contributed by atoms with E-state index in [1.54, 1.807) is 11.3 Å². The second-order valence-electron chi connectivity index (χ2n) is 5.33. The molecular weight excluding hydrogens is 254 g/mol. The molecule has 0 bridgehead atoms. The van der Waals surface area contributed by atoms with Crippen molar-refractivity contribution in [2.24, 2.45) is 17.1 Å². The number of halogens is 1. The van der Waals surface area contributed by atoms with Crippen LogP contribution in [-0.2, 0) is 11.2 Å². The van der Waals surface area contributed by atoms with Gasteiger partial charge in [0, 0.05) is 23.4 Å². The van der Waals surface area contributed by atoms with E-state index < -0.39 is 0 Å². The lowest BCUT2D eigenvalue weighted by atomic mass is 9.76. The highest BCUT2D eigenvalue weighted by Gasteiger charge is 2.50. The summed E-state index contributed by atoms with van der Waals surface area (Å²) < 4.78 is 6.82. The fourth-order valence-corrected chi connectivity index (χ4v) is 4.26. The molecule has 2 nitrogen and oxygen atoms in total. The lowest BCUT2D eigenvalue weighted by molar-refractivity contribution is 0.0348. The van der Waals surface area contributed by atoms with Gasteiger partial charge in [0.2, 0.25) is 0 Å². The van der Waals surface area contributed by atoms with E-state index in [2.05, 4.69) is 6.07 Å². The van der Waals surface area contributed by atoms with Gasteiger partial charge in [-0.05, 0) is 43.7 Å². The molecule has 0 spiro atoms. The molecule has 0 aromatic carbocycles. The lowest BCUT2D eigenvalue weighted by Gasteiger charge is -2.32. The molecule has 2 aliphatic rings. The third-order valence-corrected chi connectivity index (χ3v) is 5.34. The lowest BCUT2D eigenvalue weighted by Crippen LogP contribution is -2.41. The Hall–Kier alpha value is -0.0900. The summed E-state index contributed by atoms with van der Waals surface area (Å²) in [4.78, 5) is 1.34.